The summed E-state index contributed by atoms with van der Waals surface area (Å²) in [6, 6.07) is 8.67. The number of hydrogen-bond acceptors (Lipinski definition) is 4. The third kappa shape index (κ3) is 4.19. The molecule has 0 N–H and O–H groups in total. The molecule has 0 fully saturated rings. The maximum atomic E-state index is 15.4. The molecule has 4 nitrogen and oxygen atoms in total. The summed E-state index contributed by atoms with van der Waals surface area (Å²) in [6.07, 6.45) is -10.3. The van der Waals surface area contributed by atoms with E-state index in [0.29, 0.717) is 17.7 Å². The van der Waals surface area contributed by atoms with Crippen LogP contribution in [0.4, 0.5) is 26.3 Å². The average molecular weight is 532 g/mol. The van der Waals surface area contributed by atoms with Crippen molar-refractivity contribution in [2.45, 2.75) is 31.6 Å². The fourth-order valence-corrected chi connectivity index (χ4v) is 4.68. The van der Waals surface area contributed by atoms with Gasteiger partial charge in [-0.15, -0.1) is 0 Å². The van der Waals surface area contributed by atoms with Crippen LogP contribution in [0.15, 0.2) is 67.2 Å². The normalized spacial score (nSPS) is 15.1. The first kappa shape index (κ1) is 26.8. The van der Waals surface area contributed by atoms with E-state index < -0.39 is 63.3 Å². The lowest BCUT2D eigenvalue weighted by molar-refractivity contribution is -0.167. The molecule has 0 spiro atoms. The van der Waals surface area contributed by atoms with Crippen molar-refractivity contribution in [2.75, 3.05) is 0 Å². The van der Waals surface area contributed by atoms with Gasteiger partial charge < -0.3 is 4.74 Å². The first-order valence-electron chi connectivity index (χ1n) is 11.1. The number of cyclic esters (lactones) is 2. The molecular weight excluding hydrogens is 514 g/mol. The average Bonchev–Trinajstić information content (AvgIpc) is 3.11. The lowest BCUT2D eigenvalue weighted by atomic mass is 9.67. The number of esters is 2. The molecule has 0 amide bonds. The van der Waals surface area contributed by atoms with Gasteiger partial charge in [0.25, 0.3) is 0 Å². The minimum Gasteiger partial charge on any atom is -0.386 e. The topological polar surface area (TPSA) is 60.4 Å². The van der Waals surface area contributed by atoms with Crippen molar-refractivity contribution in [3.63, 3.8) is 0 Å². The van der Waals surface area contributed by atoms with E-state index in [-0.39, 0.29) is 16.7 Å². The predicted octanol–water partition coefficient (Wildman–Crippen LogP) is 7.15. The zero-order valence-corrected chi connectivity index (χ0v) is 19.9. The first-order valence-corrected chi connectivity index (χ1v) is 11.1. The fraction of sp³-hybridized carbons (Fsp3) is 0.179. The zero-order chi connectivity index (χ0) is 28.2. The largest absolute Gasteiger partial charge is 0.416 e. The molecule has 38 heavy (non-hydrogen) atoms. The molecule has 1 aliphatic rings. The van der Waals surface area contributed by atoms with Crippen molar-refractivity contribution in [3.05, 3.63) is 112 Å². The Morgan fingerprint density at radius 3 is 1.84 bits per heavy atom. The molecule has 0 aromatic heterocycles. The summed E-state index contributed by atoms with van der Waals surface area (Å²) in [4.78, 5) is 36.5. The van der Waals surface area contributed by atoms with E-state index >= 15 is 13.2 Å². The van der Waals surface area contributed by atoms with Gasteiger partial charge in [-0.1, -0.05) is 48.6 Å². The minimum atomic E-state index is -5.29. The Balaban J connectivity index is 2.18. The Morgan fingerprint density at radius 2 is 1.26 bits per heavy atom. The van der Waals surface area contributed by atoms with Crippen LogP contribution in [0.1, 0.15) is 72.7 Å². The Morgan fingerprint density at radius 1 is 0.711 bits per heavy atom. The molecule has 196 valence electrons. The van der Waals surface area contributed by atoms with Crippen molar-refractivity contribution in [1.29, 1.82) is 0 Å². The van der Waals surface area contributed by atoms with Crippen molar-refractivity contribution in [3.8, 4) is 0 Å². The van der Waals surface area contributed by atoms with Crippen LogP contribution in [-0.2, 0) is 16.3 Å². The highest BCUT2D eigenvalue weighted by Crippen LogP contribution is 2.53. The van der Waals surface area contributed by atoms with Crippen LogP contribution >= 0.6 is 0 Å². The predicted molar refractivity (Wildman–Crippen MR) is 125 cm³/mol. The highest BCUT2D eigenvalue weighted by molar-refractivity contribution is 6.14. The Labute approximate surface area is 212 Å². The van der Waals surface area contributed by atoms with Crippen molar-refractivity contribution >= 4 is 23.3 Å². The van der Waals surface area contributed by atoms with Gasteiger partial charge in [-0.05, 0) is 60.4 Å². The zero-order valence-electron chi connectivity index (χ0n) is 19.9. The second-order valence-electron chi connectivity index (χ2n) is 8.86. The molecule has 3 aromatic rings. The number of carbonyl (C=O) groups is 3. The van der Waals surface area contributed by atoms with Gasteiger partial charge in [-0.25, -0.2) is 9.59 Å². The van der Waals surface area contributed by atoms with Crippen LogP contribution in [0, 0.1) is 0 Å². The van der Waals surface area contributed by atoms with Gasteiger partial charge in [0.1, 0.15) is 5.41 Å². The number of rotatable bonds is 5. The Kier molecular flexibility index (Phi) is 6.33. The molecular formula is C28H18F6O4. The SMILES string of the molecule is C=C(C)c1ccc(C(c2cccc(C(F)(F)F)c2)(c2ccc3c(c2)C(=O)OC3=O)C(F)(F)F)cc1C(C)=O. The summed E-state index contributed by atoms with van der Waals surface area (Å²) in [7, 11) is 0. The van der Waals surface area contributed by atoms with Crippen LogP contribution in [0.5, 0.6) is 0 Å². The van der Waals surface area contributed by atoms with Gasteiger partial charge in [-0.2, -0.15) is 26.3 Å². The summed E-state index contributed by atoms with van der Waals surface area (Å²) >= 11 is 0. The number of halogens is 6. The summed E-state index contributed by atoms with van der Waals surface area (Å²) in [6.45, 7) is 6.43. The standard InChI is InChI=1S/C28H18F6O4/c1-14(2)20-9-7-17(12-22(20)15(3)35)26(28(32,33)34,16-5-4-6-19(11-16)27(29,30)31)18-8-10-21-23(13-18)25(37)38-24(21)36/h4-13H,1H2,2-3H3. The van der Waals surface area contributed by atoms with E-state index in [1.54, 1.807) is 6.92 Å². The fourth-order valence-electron chi connectivity index (χ4n) is 4.68. The second-order valence-corrected chi connectivity index (χ2v) is 8.86. The molecule has 4 rings (SSSR count). The van der Waals surface area contributed by atoms with Crippen LogP contribution in [0.2, 0.25) is 0 Å². The van der Waals surface area contributed by atoms with Crippen LogP contribution < -0.4 is 0 Å². The molecule has 1 heterocycles. The third-order valence-electron chi connectivity index (χ3n) is 6.42. The van der Waals surface area contributed by atoms with Gasteiger partial charge in [0.15, 0.2) is 5.78 Å². The number of ketones is 1. The van der Waals surface area contributed by atoms with Gasteiger partial charge in [-0.3, -0.25) is 4.79 Å². The number of allylic oxidation sites excluding steroid dienone is 1. The van der Waals surface area contributed by atoms with Crippen LogP contribution in [0.25, 0.3) is 5.57 Å². The third-order valence-corrected chi connectivity index (χ3v) is 6.42. The molecule has 0 saturated heterocycles. The van der Waals surface area contributed by atoms with Gasteiger partial charge >= 0.3 is 24.3 Å². The highest BCUT2D eigenvalue weighted by atomic mass is 19.4. The lowest BCUT2D eigenvalue weighted by Gasteiger charge is -2.38. The monoisotopic (exact) mass is 532 g/mol. The molecule has 0 aliphatic carbocycles. The summed E-state index contributed by atoms with van der Waals surface area (Å²) in [5, 5.41) is 0. The van der Waals surface area contributed by atoms with Crippen LogP contribution in [0.3, 0.4) is 0 Å². The maximum absolute atomic E-state index is 15.4. The number of hydrogen-bond donors (Lipinski definition) is 0. The molecule has 0 saturated carbocycles. The summed E-state index contributed by atoms with van der Waals surface area (Å²) in [5.41, 5.74) is -6.84. The molecule has 0 bridgehead atoms. The minimum absolute atomic E-state index is 0.119. The Bertz CT molecular complexity index is 1520. The van der Waals surface area contributed by atoms with Gasteiger partial charge in [0, 0.05) is 5.56 Å². The van der Waals surface area contributed by atoms with Crippen molar-refractivity contribution < 1.29 is 45.5 Å². The van der Waals surface area contributed by atoms with E-state index in [4.69, 9.17) is 0 Å². The van der Waals surface area contributed by atoms with E-state index in [1.807, 2.05) is 0 Å². The van der Waals surface area contributed by atoms with Crippen molar-refractivity contribution in [1.82, 2.24) is 0 Å². The van der Waals surface area contributed by atoms with Gasteiger partial charge in [0.2, 0.25) is 0 Å². The van der Waals surface area contributed by atoms with E-state index in [0.717, 1.165) is 49.4 Å². The van der Waals surface area contributed by atoms with E-state index in [1.165, 1.54) is 6.07 Å². The van der Waals surface area contributed by atoms with E-state index in [9.17, 15) is 27.6 Å². The molecule has 1 aliphatic heterocycles. The second kappa shape index (κ2) is 8.97. The molecule has 3 aromatic carbocycles. The van der Waals surface area contributed by atoms with Crippen LogP contribution in [-0.4, -0.2) is 23.9 Å². The Hall–Kier alpha value is -4.21. The quantitative estimate of drug-likeness (QED) is 0.115. The van der Waals surface area contributed by atoms with E-state index in [2.05, 4.69) is 11.3 Å². The number of benzene rings is 3. The number of Topliss-reactive ketones (excluding diaryl/α,β-unsaturated/α-hetero) is 1. The molecule has 1 unspecified atom stereocenters. The summed E-state index contributed by atoms with van der Waals surface area (Å²) in [5.74, 6) is -2.83. The maximum Gasteiger partial charge on any atom is 0.416 e. The first-order chi connectivity index (χ1) is 17.6. The molecule has 1 atom stereocenters. The highest BCUT2D eigenvalue weighted by Gasteiger charge is 2.59. The summed E-state index contributed by atoms with van der Waals surface area (Å²) < 4.78 is 91.6. The number of ether oxygens (including phenoxy) is 1. The van der Waals surface area contributed by atoms with Gasteiger partial charge in [0.05, 0.1) is 16.7 Å². The smallest absolute Gasteiger partial charge is 0.386 e. The molecule has 0 radical (unpaired) electrons. The lowest BCUT2D eigenvalue weighted by Crippen LogP contribution is -2.45. The number of alkyl halides is 6. The van der Waals surface area contributed by atoms with Crippen molar-refractivity contribution in [2.24, 2.45) is 0 Å². The molecule has 10 heteroatoms. The number of carbonyl (C=O) groups excluding carboxylic acids is 3. The number of fused-ring (bicyclic) bond motifs is 1.